The average Bonchev–Trinajstić information content (AvgIpc) is 3.43. The van der Waals surface area contributed by atoms with Crippen molar-refractivity contribution in [3.8, 4) is 0 Å². The van der Waals surface area contributed by atoms with E-state index in [1.807, 2.05) is 6.92 Å². The van der Waals surface area contributed by atoms with E-state index in [4.69, 9.17) is 0 Å². The van der Waals surface area contributed by atoms with Gasteiger partial charge in [-0.1, -0.05) is 39.0 Å². The van der Waals surface area contributed by atoms with Gasteiger partial charge in [-0.05, 0) is 68.2 Å². The lowest BCUT2D eigenvalue weighted by Gasteiger charge is -2.34. The maximum absolute atomic E-state index is 13.5. The number of carbonyl (C=O) groups excluding carboxylic acids is 1. The van der Waals surface area contributed by atoms with Crippen molar-refractivity contribution in [2.75, 3.05) is 13.1 Å². The van der Waals surface area contributed by atoms with Gasteiger partial charge in [-0.25, -0.2) is 8.42 Å². The summed E-state index contributed by atoms with van der Waals surface area (Å²) >= 11 is 1.41. The first-order valence-electron chi connectivity index (χ1n) is 12.7. The Hall–Kier alpha value is -2.10. The van der Waals surface area contributed by atoms with Gasteiger partial charge < -0.3 is 9.67 Å². The van der Waals surface area contributed by atoms with Crippen LogP contribution in [0.1, 0.15) is 74.6 Å². The standard InChI is InChI=1S/C27H36N2O5S2/c1-18(2)11-12-27(4)15-22-25(23(30)16-27)26(19(3)29(22)17-24(31)32)35-20-7-9-21(10-8-20)36(33,34)28-13-5-6-14-28/h7-10,18H,5-6,11-17H2,1-4H3,(H,31,32). The molecule has 0 spiro atoms. The van der Waals surface area contributed by atoms with Crippen molar-refractivity contribution in [1.82, 2.24) is 8.87 Å². The zero-order chi connectivity index (χ0) is 26.3. The minimum atomic E-state index is -3.49. The summed E-state index contributed by atoms with van der Waals surface area (Å²) in [6, 6.07) is 6.79. The fraction of sp³-hybridized carbons (Fsp3) is 0.556. The van der Waals surface area contributed by atoms with Crippen molar-refractivity contribution in [3.63, 3.8) is 0 Å². The maximum atomic E-state index is 13.5. The molecule has 2 aliphatic rings. The van der Waals surface area contributed by atoms with E-state index in [-0.39, 0.29) is 22.6 Å². The molecular weight excluding hydrogens is 496 g/mol. The number of fused-ring (bicyclic) bond motifs is 1. The van der Waals surface area contributed by atoms with Crippen LogP contribution in [0.15, 0.2) is 39.0 Å². The van der Waals surface area contributed by atoms with Crippen molar-refractivity contribution in [2.45, 2.75) is 87.5 Å². The van der Waals surface area contributed by atoms with Gasteiger partial charge in [-0.3, -0.25) is 9.59 Å². The fourth-order valence-corrected chi connectivity index (χ4v) is 7.97. The molecule has 1 unspecified atom stereocenters. The monoisotopic (exact) mass is 532 g/mol. The molecule has 1 N–H and O–H groups in total. The second kappa shape index (κ2) is 10.3. The summed E-state index contributed by atoms with van der Waals surface area (Å²) < 4.78 is 29.1. The third-order valence-electron chi connectivity index (χ3n) is 7.40. The molecule has 2 heterocycles. The third-order valence-corrected chi connectivity index (χ3v) is 10.5. The Morgan fingerprint density at radius 1 is 1.14 bits per heavy atom. The number of sulfonamides is 1. The molecule has 2 aromatic rings. The first-order chi connectivity index (χ1) is 16.9. The fourth-order valence-electron chi connectivity index (χ4n) is 5.35. The van der Waals surface area contributed by atoms with Crippen molar-refractivity contribution in [1.29, 1.82) is 0 Å². The number of carbonyl (C=O) groups is 2. The molecule has 0 bridgehead atoms. The van der Waals surface area contributed by atoms with Crippen LogP contribution in [0.2, 0.25) is 0 Å². The molecule has 1 aliphatic carbocycles. The van der Waals surface area contributed by atoms with Gasteiger partial charge in [0, 0.05) is 40.7 Å². The summed E-state index contributed by atoms with van der Waals surface area (Å²) in [7, 11) is -3.49. The molecule has 196 valence electrons. The summed E-state index contributed by atoms with van der Waals surface area (Å²) in [4.78, 5) is 27.0. The summed E-state index contributed by atoms with van der Waals surface area (Å²) in [5, 5.41) is 9.59. The van der Waals surface area contributed by atoms with Gasteiger partial charge in [0.25, 0.3) is 0 Å². The minimum absolute atomic E-state index is 0.0606. The van der Waals surface area contributed by atoms with Gasteiger partial charge in [0.15, 0.2) is 5.78 Å². The zero-order valence-corrected chi connectivity index (χ0v) is 23.2. The Morgan fingerprint density at radius 3 is 2.36 bits per heavy atom. The highest BCUT2D eigenvalue weighted by Crippen LogP contribution is 2.46. The quantitative estimate of drug-likeness (QED) is 0.465. The van der Waals surface area contributed by atoms with E-state index in [1.54, 1.807) is 28.8 Å². The van der Waals surface area contributed by atoms with Crippen LogP contribution in [0.4, 0.5) is 0 Å². The van der Waals surface area contributed by atoms with E-state index < -0.39 is 16.0 Å². The Morgan fingerprint density at radius 2 is 1.78 bits per heavy atom. The summed E-state index contributed by atoms with van der Waals surface area (Å²) in [5.74, 6) is -0.342. The van der Waals surface area contributed by atoms with Crippen molar-refractivity contribution in [2.24, 2.45) is 11.3 Å². The first-order valence-corrected chi connectivity index (χ1v) is 14.9. The minimum Gasteiger partial charge on any atom is -0.480 e. The number of rotatable bonds is 9. The Bertz CT molecular complexity index is 1260. The number of carboxylic acid groups (broad SMARTS) is 1. The molecule has 1 aromatic heterocycles. The van der Waals surface area contributed by atoms with E-state index in [0.717, 1.165) is 46.9 Å². The highest BCUT2D eigenvalue weighted by molar-refractivity contribution is 7.99. The molecule has 0 amide bonds. The molecule has 1 saturated heterocycles. The lowest BCUT2D eigenvalue weighted by molar-refractivity contribution is -0.137. The topological polar surface area (TPSA) is 96.7 Å². The van der Waals surface area contributed by atoms with Crippen LogP contribution < -0.4 is 0 Å². The van der Waals surface area contributed by atoms with Gasteiger partial charge in [0.2, 0.25) is 10.0 Å². The second-order valence-electron chi connectivity index (χ2n) is 10.9. The summed E-state index contributed by atoms with van der Waals surface area (Å²) in [6.45, 7) is 9.28. The molecule has 4 rings (SSSR count). The third kappa shape index (κ3) is 5.43. The lowest BCUT2D eigenvalue weighted by atomic mass is 9.71. The Labute approximate surface area is 218 Å². The van der Waals surface area contributed by atoms with Gasteiger partial charge in [-0.15, -0.1) is 0 Å². The van der Waals surface area contributed by atoms with Crippen LogP contribution in [0.25, 0.3) is 0 Å². The van der Waals surface area contributed by atoms with Gasteiger partial charge >= 0.3 is 5.97 Å². The van der Waals surface area contributed by atoms with Crippen LogP contribution in [0, 0.1) is 18.3 Å². The molecule has 1 aliphatic heterocycles. The smallest absolute Gasteiger partial charge is 0.323 e. The molecule has 0 saturated carbocycles. The number of aliphatic carboxylic acids is 1. The van der Waals surface area contributed by atoms with E-state index in [0.29, 0.717) is 37.4 Å². The van der Waals surface area contributed by atoms with Crippen LogP contribution in [-0.4, -0.2) is 47.2 Å². The van der Waals surface area contributed by atoms with Crippen molar-refractivity contribution in [3.05, 3.63) is 41.2 Å². The molecule has 7 nitrogen and oxygen atoms in total. The first kappa shape index (κ1) is 26.9. The van der Waals surface area contributed by atoms with E-state index in [1.165, 1.54) is 16.1 Å². The summed E-state index contributed by atoms with van der Waals surface area (Å²) in [5.41, 5.74) is 2.02. The highest BCUT2D eigenvalue weighted by atomic mass is 32.2. The number of nitrogens with zero attached hydrogens (tertiary/aromatic N) is 2. The molecule has 1 atom stereocenters. The van der Waals surface area contributed by atoms with Gasteiger partial charge in [-0.2, -0.15) is 4.31 Å². The van der Waals surface area contributed by atoms with E-state index in [2.05, 4.69) is 20.8 Å². The zero-order valence-electron chi connectivity index (χ0n) is 21.5. The van der Waals surface area contributed by atoms with E-state index in [9.17, 15) is 23.1 Å². The molecule has 36 heavy (non-hydrogen) atoms. The largest absolute Gasteiger partial charge is 0.480 e. The van der Waals surface area contributed by atoms with Crippen LogP contribution in [0.3, 0.4) is 0 Å². The molecular formula is C27H36N2O5S2. The van der Waals surface area contributed by atoms with Crippen molar-refractivity contribution >= 4 is 33.5 Å². The number of hydrogen-bond acceptors (Lipinski definition) is 5. The SMILES string of the molecule is Cc1c(Sc2ccc(S(=O)(=O)N3CCCC3)cc2)c2c(n1CC(=O)O)CC(C)(CCC(C)C)CC2=O. The Balaban J connectivity index is 1.66. The normalized spacial score (nSPS) is 20.8. The lowest BCUT2D eigenvalue weighted by Crippen LogP contribution is -2.31. The molecule has 1 fully saturated rings. The number of Topliss-reactive ketones (excluding diaryl/α,β-unsaturated/α-hetero) is 1. The second-order valence-corrected chi connectivity index (χ2v) is 13.9. The summed E-state index contributed by atoms with van der Waals surface area (Å²) in [6.07, 6.45) is 4.83. The highest BCUT2D eigenvalue weighted by Gasteiger charge is 2.39. The number of ketones is 1. The molecule has 0 radical (unpaired) electrons. The molecule has 1 aromatic carbocycles. The van der Waals surface area contributed by atoms with E-state index >= 15 is 0 Å². The number of hydrogen-bond donors (Lipinski definition) is 1. The average molecular weight is 533 g/mol. The van der Waals surface area contributed by atoms with Crippen LogP contribution in [0.5, 0.6) is 0 Å². The maximum Gasteiger partial charge on any atom is 0.323 e. The van der Waals surface area contributed by atoms with Gasteiger partial charge in [0.05, 0.1) is 10.5 Å². The predicted octanol–water partition coefficient (Wildman–Crippen LogP) is 5.39. The van der Waals surface area contributed by atoms with Crippen LogP contribution in [-0.2, 0) is 27.8 Å². The number of benzene rings is 1. The van der Waals surface area contributed by atoms with Crippen LogP contribution >= 0.6 is 11.8 Å². The predicted molar refractivity (Wildman–Crippen MR) is 140 cm³/mol. The molecule has 9 heteroatoms. The van der Waals surface area contributed by atoms with Gasteiger partial charge in [0.1, 0.15) is 6.54 Å². The van der Waals surface area contributed by atoms with Crippen molar-refractivity contribution < 1.29 is 23.1 Å². The number of carboxylic acids is 1. The Kier molecular flexibility index (Phi) is 7.74. The number of aromatic nitrogens is 1.